The lowest BCUT2D eigenvalue weighted by Gasteiger charge is -2.33. The summed E-state index contributed by atoms with van der Waals surface area (Å²) in [7, 11) is 3.80. The number of methoxy groups -OCH3 is 1. The van der Waals surface area contributed by atoms with Gasteiger partial charge in [0, 0.05) is 64.2 Å². The number of nitrogens with one attached hydrogen (secondary N) is 1. The number of amides is 1. The summed E-state index contributed by atoms with van der Waals surface area (Å²) in [6.45, 7) is 4.80. The average molecular weight is 483 g/mol. The van der Waals surface area contributed by atoms with Crippen molar-refractivity contribution in [3.8, 4) is 0 Å². The van der Waals surface area contributed by atoms with E-state index in [0.29, 0.717) is 42.0 Å². The minimum atomic E-state index is -0.233. The summed E-state index contributed by atoms with van der Waals surface area (Å²) >= 11 is 1.48. The van der Waals surface area contributed by atoms with E-state index in [1.165, 1.54) is 11.8 Å². The first-order chi connectivity index (χ1) is 16.6. The highest BCUT2D eigenvalue weighted by Gasteiger charge is 2.18. The van der Waals surface area contributed by atoms with Gasteiger partial charge in [-0.1, -0.05) is 17.8 Å². The van der Waals surface area contributed by atoms with Crippen LogP contribution in [0.15, 0.2) is 52.2 Å². The molecule has 0 radical (unpaired) electrons. The van der Waals surface area contributed by atoms with Gasteiger partial charge in [0.1, 0.15) is 11.6 Å². The van der Waals surface area contributed by atoms with Crippen LogP contribution in [0.3, 0.4) is 0 Å². The molecule has 0 bridgehead atoms. The van der Waals surface area contributed by atoms with Crippen molar-refractivity contribution >= 4 is 23.5 Å². The van der Waals surface area contributed by atoms with Crippen LogP contribution in [0.4, 0.5) is 5.82 Å². The number of pyridine rings is 1. The zero-order chi connectivity index (χ0) is 23.8. The van der Waals surface area contributed by atoms with Crippen LogP contribution in [-0.2, 0) is 23.5 Å². The van der Waals surface area contributed by atoms with Crippen molar-refractivity contribution in [1.82, 2.24) is 25.2 Å². The second kappa shape index (κ2) is 12.0. The minimum absolute atomic E-state index is 0.233. The number of carbonyl (C=O) groups excluding carboxylic acids is 1. The maximum Gasteiger partial charge on any atom is 0.287 e. The number of piperazine rings is 1. The number of anilines is 1. The van der Waals surface area contributed by atoms with E-state index in [4.69, 9.17) is 14.1 Å². The van der Waals surface area contributed by atoms with Crippen molar-refractivity contribution in [3.63, 3.8) is 0 Å². The summed E-state index contributed by atoms with van der Waals surface area (Å²) in [4.78, 5) is 30.6. The molecule has 4 rings (SSSR count). The van der Waals surface area contributed by atoms with Crippen LogP contribution in [0, 0.1) is 0 Å². The quantitative estimate of drug-likeness (QED) is 0.345. The van der Waals surface area contributed by atoms with Gasteiger partial charge in [0.05, 0.1) is 18.1 Å². The maximum atomic E-state index is 12.4. The van der Waals surface area contributed by atoms with Gasteiger partial charge in [-0.2, -0.15) is 0 Å². The Bertz CT molecular complexity index is 1070. The van der Waals surface area contributed by atoms with Crippen LogP contribution in [0.5, 0.6) is 0 Å². The van der Waals surface area contributed by atoms with Crippen molar-refractivity contribution in [2.45, 2.75) is 23.9 Å². The highest BCUT2D eigenvalue weighted by Crippen LogP contribution is 2.25. The number of carbonyl (C=O) groups is 1. The molecule has 0 aliphatic carbocycles. The molecule has 0 spiro atoms. The molecule has 1 N–H and O–H groups in total. The van der Waals surface area contributed by atoms with Gasteiger partial charge in [0.2, 0.25) is 0 Å². The number of furan rings is 1. The monoisotopic (exact) mass is 482 g/mol. The summed E-state index contributed by atoms with van der Waals surface area (Å²) in [5, 5.41) is 3.54. The van der Waals surface area contributed by atoms with Crippen molar-refractivity contribution < 1.29 is 13.9 Å². The summed E-state index contributed by atoms with van der Waals surface area (Å²) in [6.07, 6.45) is 2.41. The van der Waals surface area contributed by atoms with E-state index in [9.17, 15) is 4.79 Å². The fourth-order valence-corrected chi connectivity index (χ4v) is 4.36. The van der Waals surface area contributed by atoms with Crippen LogP contribution < -0.4 is 10.2 Å². The van der Waals surface area contributed by atoms with E-state index in [2.05, 4.69) is 32.1 Å². The Morgan fingerprint density at radius 2 is 2.00 bits per heavy atom. The third-order valence-electron chi connectivity index (χ3n) is 5.49. The first-order valence-electron chi connectivity index (χ1n) is 11.3. The van der Waals surface area contributed by atoms with Gasteiger partial charge in [-0.05, 0) is 31.3 Å². The van der Waals surface area contributed by atoms with Crippen molar-refractivity contribution in [2.75, 3.05) is 51.8 Å². The summed E-state index contributed by atoms with van der Waals surface area (Å²) in [5.41, 5.74) is 1.78. The predicted octanol–water partition coefficient (Wildman–Crippen LogP) is 2.63. The van der Waals surface area contributed by atoms with Gasteiger partial charge in [0.25, 0.3) is 5.91 Å². The zero-order valence-electron chi connectivity index (χ0n) is 19.6. The minimum Gasteiger partial charge on any atom is -0.455 e. The molecule has 1 aliphatic rings. The number of rotatable bonds is 10. The van der Waals surface area contributed by atoms with Crippen molar-refractivity contribution in [2.24, 2.45) is 0 Å². The molecule has 10 heteroatoms. The molecule has 1 aliphatic heterocycles. The van der Waals surface area contributed by atoms with Crippen molar-refractivity contribution in [3.05, 3.63) is 65.5 Å². The number of hydrogen-bond acceptors (Lipinski definition) is 9. The number of aromatic nitrogens is 3. The highest BCUT2D eigenvalue weighted by atomic mass is 32.2. The normalized spacial score (nSPS) is 14.4. The summed E-state index contributed by atoms with van der Waals surface area (Å²) in [5.74, 6) is 2.21. The lowest BCUT2D eigenvalue weighted by Crippen LogP contribution is -2.44. The van der Waals surface area contributed by atoms with Crippen LogP contribution in [-0.4, -0.2) is 72.6 Å². The predicted molar refractivity (Wildman–Crippen MR) is 131 cm³/mol. The van der Waals surface area contributed by atoms with Crippen molar-refractivity contribution in [1.29, 1.82) is 0 Å². The van der Waals surface area contributed by atoms with Gasteiger partial charge >= 0.3 is 0 Å². The fourth-order valence-electron chi connectivity index (χ4n) is 3.59. The lowest BCUT2D eigenvalue weighted by atomic mass is 10.2. The van der Waals surface area contributed by atoms with Gasteiger partial charge in [-0.25, -0.2) is 9.97 Å². The largest absolute Gasteiger partial charge is 0.455 e. The van der Waals surface area contributed by atoms with Crippen LogP contribution in [0.2, 0.25) is 0 Å². The molecule has 1 fully saturated rings. The van der Waals surface area contributed by atoms with E-state index in [-0.39, 0.29) is 5.91 Å². The third kappa shape index (κ3) is 6.78. The van der Waals surface area contributed by atoms with Crippen LogP contribution in [0.25, 0.3) is 0 Å². The second-order valence-corrected chi connectivity index (χ2v) is 9.05. The molecule has 0 unspecified atom stereocenters. The number of likely N-dealkylation sites (N-methyl/N-ethyl adjacent to an activating group) is 1. The molecule has 9 nitrogen and oxygen atoms in total. The Labute approximate surface area is 203 Å². The Balaban J connectivity index is 1.33. The molecule has 1 amide bonds. The van der Waals surface area contributed by atoms with E-state index in [1.54, 1.807) is 19.4 Å². The van der Waals surface area contributed by atoms with E-state index in [1.807, 2.05) is 30.3 Å². The molecule has 34 heavy (non-hydrogen) atoms. The third-order valence-corrected chi connectivity index (χ3v) is 6.36. The molecule has 0 saturated carbocycles. The Morgan fingerprint density at radius 1 is 1.15 bits per heavy atom. The lowest BCUT2D eigenvalue weighted by molar-refractivity contribution is 0.0925. The van der Waals surface area contributed by atoms with Gasteiger partial charge < -0.3 is 24.3 Å². The Morgan fingerprint density at radius 3 is 2.76 bits per heavy atom. The first kappa shape index (κ1) is 24.2. The van der Waals surface area contributed by atoms with E-state index < -0.39 is 0 Å². The summed E-state index contributed by atoms with van der Waals surface area (Å²) in [6, 6.07) is 11.3. The second-order valence-electron chi connectivity index (χ2n) is 8.11. The van der Waals surface area contributed by atoms with Gasteiger partial charge in [0.15, 0.2) is 10.9 Å². The standard InChI is InChI=1S/C24H30N6O3S/c1-29-11-13-30(14-12-29)22-15-19(16-32-2)27-24(28-22)34-17-20-6-7-21(33-20)23(31)26-10-8-18-5-3-4-9-25-18/h3-7,9,15H,8,10-14,16-17H2,1-2H3,(H,26,31). The molecule has 3 aromatic rings. The number of hydrogen-bond donors (Lipinski definition) is 1. The molecule has 3 aromatic heterocycles. The fraction of sp³-hybridized carbons (Fsp3) is 0.417. The molecular formula is C24H30N6O3S. The molecule has 4 heterocycles. The molecule has 0 atom stereocenters. The van der Waals surface area contributed by atoms with E-state index in [0.717, 1.165) is 43.4 Å². The zero-order valence-corrected chi connectivity index (χ0v) is 20.4. The summed E-state index contributed by atoms with van der Waals surface area (Å²) < 4.78 is 11.1. The number of thioether (sulfide) groups is 1. The Hall–Kier alpha value is -2.95. The Kier molecular flexibility index (Phi) is 8.51. The highest BCUT2D eigenvalue weighted by molar-refractivity contribution is 7.98. The van der Waals surface area contributed by atoms with Crippen LogP contribution in [0.1, 0.15) is 27.7 Å². The smallest absolute Gasteiger partial charge is 0.287 e. The number of nitrogens with zero attached hydrogens (tertiary/aromatic N) is 5. The SMILES string of the molecule is COCc1cc(N2CCN(C)CC2)nc(SCc2ccc(C(=O)NCCc3ccccn3)o2)n1. The molecule has 0 aromatic carbocycles. The van der Waals surface area contributed by atoms with Gasteiger partial charge in [-0.15, -0.1) is 0 Å². The average Bonchev–Trinajstić information content (AvgIpc) is 3.33. The molecule has 180 valence electrons. The van der Waals surface area contributed by atoms with E-state index >= 15 is 0 Å². The topological polar surface area (TPSA) is 96.6 Å². The first-order valence-corrected chi connectivity index (χ1v) is 12.3. The van der Waals surface area contributed by atoms with Crippen LogP contribution >= 0.6 is 11.8 Å². The molecule has 1 saturated heterocycles. The molecular weight excluding hydrogens is 452 g/mol. The number of ether oxygens (including phenoxy) is 1. The maximum absolute atomic E-state index is 12.4. The van der Waals surface area contributed by atoms with Gasteiger partial charge in [-0.3, -0.25) is 9.78 Å².